The molecule has 0 aliphatic carbocycles. The van der Waals surface area contributed by atoms with Crippen LogP contribution in [0, 0.1) is 0 Å². The van der Waals surface area contributed by atoms with E-state index in [0.717, 1.165) is 56.8 Å². The molecule has 0 unspecified atom stereocenters. The average Bonchev–Trinajstić information content (AvgIpc) is 3.07. The van der Waals surface area contributed by atoms with Gasteiger partial charge >= 0.3 is 0 Å². The van der Waals surface area contributed by atoms with Crippen molar-refractivity contribution in [3.63, 3.8) is 0 Å². The van der Waals surface area contributed by atoms with Crippen LogP contribution in [0.3, 0.4) is 0 Å². The van der Waals surface area contributed by atoms with Crippen LogP contribution in [0.25, 0.3) is 0 Å². The topological polar surface area (TPSA) is 201 Å². The molecule has 0 bridgehead atoms. The zero-order chi connectivity index (χ0) is 36.4. The number of allylic oxidation sites excluding steroid dienone is 3. The van der Waals surface area contributed by atoms with Crippen molar-refractivity contribution in [1.82, 2.24) is 14.7 Å². The number of piperidine rings is 3. The molecule has 15 nitrogen and oxygen atoms in total. The zero-order valence-corrected chi connectivity index (χ0v) is 30.3. The minimum absolute atomic E-state index is 0. The van der Waals surface area contributed by atoms with Gasteiger partial charge in [0.2, 0.25) is 17.3 Å². The summed E-state index contributed by atoms with van der Waals surface area (Å²) in [5.41, 5.74) is 0. The van der Waals surface area contributed by atoms with Gasteiger partial charge in [-0.25, -0.2) is 0 Å². The van der Waals surface area contributed by atoms with Crippen molar-refractivity contribution in [3.8, 4) is 0 Å². The van der Waals surface area contributed by atoms with Crippen LogP contribution >= 0.6 is 0 Å². The van der Waals surface area contributed by atoms with E-state index in [1.165, 1.54) is 35.5 Å². The molecular formula is C33H51FeN3O12. The number of rotatable bonds is 9. The fourth-order valence-corrected chi connectivity index (χ4v) is 5.11. The number of methoxy groups -OCH3 is 3. The number of ether oxygens (including phenoxy) is 3. The Kier molecular flexibility index (Phi) is 22.0. The van der Waals surface area contributed by atoms with Crippen LogP contribution < -0.4 is 0 Å². The maximum absolute atomic E-state index is 11.6. The maximum atomic E-state index is 11.6. The van der Waals surface area contributed by atoms with Crippen molar-refractivity contribution >= 4 is 35.1 Å². The second-order valence-electron chi connectivity index (χ2n) is 11.6. The molecule has 49 heavy (non-hydrogen) atoms. The third-order valence-corrected chi connectivity index (χ3v) is 7.84. The monoisotopic (exact) mass is 737 g/mol. The Labute approximate surface area is 298 Å². The van der Waals surface area contributed by atoms with Crippen LogP contribution in [0.1, 0.15) is 59.3 Å². The quantitative estimate of drug-likeness (QED) is 0.135. The summed E-state index contributed by atoms with van der Waals surface area (Å²) in [5, 5.41) is 26.7. The van der Waals surface area contributed by atoms with Crippen LogP contribution in [-0.2, 0) is 60.0 Å². The normalized spacial score (nSPS) is 18.2. The molecule has 3 N–H and O–H groups in total. The number of hydrogen-bond acceptors (Lipinski definition) is 12. The molecule has 3 saturated heterocycles. The van der Waals surface area contributed by atoms with Crippen LogP contribution in [-0.4, -0.2) is 144 Å². The molecule has 3 amide bonds. The molecule has 0 aromatic heterocycles. The molecule has 3 fully saturated rings. The maximum Gasteiger partial charge on any atom is 0.294 e. The third-order valence-electron chi connectivity index (χ3n) is 7.84. The van der Waals surface area contributed by atoms with Gasteiger partial charge < -0.3 is 44.2 Å². The number of likely N-dealkylation sites (tertiary alicyclic amines) is 3. The van der Waals surface area contributed by atoms with Crippen molar-refractivity contribution in [3.05, 3.63) is 35.5 Å². The van der Waals surface area contributed by atoms with Crippen LogP contribution in [0.4, 0.5) is 0 Å². The van der Waals surface area contributed by atoms with Gasteiger partial charge in [-0.05, 0) is 59.3 Å². The molecule has 0 aromatic carbocycles. The van der Waals surface area contributed by atoms with Gasteiger partial charge in [0.1, 0.15) is 0 Å². The van der Waals surface area contributed by atoms with E-state index in [0.29, 0.717) is 39.3 Å². The molecule has 0 atom stereocenters. The first-order valence-electron chi connectivity index (χ1n) is 15.8. The van der Waals surface area contributed by atoms with Crippen LogP contribution in [0.15, 0.2) is 35.5 Å². The summed E-state index contributed by atoms with van der Waals surface area (Å²) in [6.07, 6.45) is 7.86. The molecule has 3 heterocycles. The summed E-state index contributed by atoms with van der Waals surface area (Å²) in [5.74, 6) is -4.11. The SMILES string of the molecule is COC1CCN(C(=O)C(=O)C=C(C)O)CC1.COC1CCN(C(=O)C(=O)C=C(C)O)CC1.COC1CCN(C(=O)C(=O)C=C(C)O)CC1.[Fe]. The Morgan fingerprint density at radius 1 is 0.469 bits per heavy atom. The van der Waals surface area contributed by atoms with E-state index in [9.17, 15) is 28.8 Å². The second kappa shape index (κ2) is 23.7. The summed E-state index contributed by atoms with van der Waals surface area (Å²) < 4.78 is 15.5. The molecule has 3 aliphatic rings. The Morgan fingerprint density at radius 3 is 0.796 bits per heavy atom. The standard InChI is InChI=1S/3C11H17NO4.Fe/c3*1-8(13)7-10(14)11(15)12-5-3-9(16-2)4-6-12;/h3*7,9,13H,3-6H2,1-2H3;. The fourth-order valence-electron chi connectivity index (χ4n) is 5.11. The number of amides is 3. The molecule has 0 saturated carbocycles. The number of carbonyl (C=O) groups excluding carboxylic acids is 6. The second-order valence-corrected chi connectivity index (χ2v) is 11.6. The van der Waals surface area contributed by atoms with E-state index in [-0.39, 0.29) is 52.7 Å². The van der Waals surface area contributed by atoms with E-state index < -0.39 is 35.1 Å². The van der Waals surface area contributed by atoms with Gasteiger partial charge in [0, 0.05) is 95.9 Å². The van der Waals surface area contributed by atoms with E-state index in [1.54, 1.807) is 21.3 Å². The van der Waals surface area contributed by atoms with Gasteiger partial charge in [-0.2, -0.15) is 0 Å². The summed E-state index contributed by atoms with van der Waals surface area (Å²) in [7, 11) is 4.93. The van der Waals surface area contributed by atoms with E-state index in [2.05, 4.69) is 0 Å². The van der Waals surface area contributed by atoms with Gasteiger partial charge in [-0.3, -0.25) is 28.8 Å². The smallest absolute Gasteiger partial charge is 0.294 e. The summed E-state index contributed by atoms with van der Waals surface area (Å²) >= 11 is 0. The number of aliphatic hydroxyl groups excluding tert-OH is 3. The summed E-state index contributed by atoms with van der Waals surface area (Å²) in [6, 6.07) is 0. The van der Waals surface area contributed by atoms with E-state index >= 15 is 0 Å². The first kappa shape index (κ1) is 45.4. The fraction of sp³-hybridized carbons (Fsp3) is 0.636. The molecule has 0 spiro atoms. The first-order valence-corrected chi connectivity index (χ1v) is 15.8. The summed E-state index contributed by atoms with van der Waals surface area (Å²) in [6.45, 7) is 7.27. The van der Waals surface area contributed by atoms with Gasteiger partial charge in [0.25, 0.3) is 17.7 Å². The van der Waals surface area contributed by atoms with E-state index in [4.69, 9.17) is 29.5 Å². The summed E-state index contributed by atoms with van der Waals surface area (Å²) in [4.78, 5) is 73.4. The largest absolute Gasteiger partial charge is 0.512 e. The average molecular weight is 738 g/mol. The molecule has 16 heteroatoms. The minimum atomic E-state index is -0.670. The number of ketones is 3. The molecular weight excluding hydrogens is 686 g/mol. The molecule has 278 valence electrons. The first-order chi connectivity index (χ1) is 22.6. The molecule has 3 aliphatic heterocycles. The van der Waals surface area contributed by atoms with Gasteiger partial charge in [-0.15, -0.1) is 0 Å². The van der Waals surface area contributed by atoms with Crippen molar-refractivity contribution in [2.24, 2.45) is 0 Å². The zero-order valence-electron chi connectivity index (χ0n) is 29.2. The van der Waals surface area contributed by atoms with E-state index in [1.807, 2.05) is 0 Å². The molecule has 3 rings (SSSR count). The Balaban J connectivity index is 0.000000698. The minimum Gasteiger partial charge on any atom is -0.512 e. The van der Waals surface area contributed by atoms with Crippen molar-refractivity contribution in [2.45, 2.75) is 77.6 Å². The van der Waals surface area contributed by atoms with Crippen LogP contribution in [0.5, 0.6) is 0 Å². The Morgan fingerprint density at radius 2 is 0.653 bits per heavy atom. The number of carbonyl (C=O) groups is 6. The third kappa shape index (κ3) is 17.1. The predicted octanol–water partition coefficient (Wildman–Crippen LogP) is 1.96. The number of hydrogen-bond donors (Lipinski definition) is 3. The molecule has 0 radical (unpaired) electrons. The van der Waals surface area contributed by atoms with Gasteiger partial charge in [0.15, 0.2) is 0 Å². The van der Waals surface area contributed by atoms with Crippen molar-refractivity contribution in [1.29, 1.82) is 0 Å². The van der Waals surface area contributed by atoms with Gasteiger partial charge in [-0.1, -0.05) is 0 Å². The number of nitrogens with zero attached hydrogens (tertiary/aromatic N) is 3. The van der Waals surface area contributed by atoms with Gasteiger partial charge in [0.05, 0.1) is 35.6 Å². The number of aliphatic hydroxyl groups is 3. The Hall–Kier alpha value is -3.56. The van der Waals surface area contributed by atoms with Crippen LogP contribution in [0.2, 0.25) is 0 Å². The molecule has 0 aromatic rings. The van der Waals surface area contributed by atoms with Crippen molar-refractivity contribution < 1.29 is 75.4 Å². The Bertz CT molecular complexity index is 1050. The predicted molar refractivity (Wildman–Crippen MR) is 174 cm³/mol. The van der Waals surface area contributed by atoms with Crippen molar-refractivity contribution in [2.75, 3.05) is 60.6 Å².